The molecular weight excluding hydrogens is 234 g/mol. The molecule has 0 aliphatic heterocycles. The van der Waals surface area contributed by atoms with Gasteiger partial charge in [-0.2, -0.15) is 0 Å². The third kappa shape index (κ3) is 3.01. The summed E-state index contributed by atoms with van der Waals surface area (Å²) in [5, 5.41) is 4.10. The quantitative estimate of drug-likeness (QED) is 0.323. The molecule has 0 atom stereocenters. The summed E-state index contributed by atoms with van der Waals surface area (Å²) >= 11 is 1.51. The molecule has 1 aromatic heterocycles. The fraction of sp³-hybridized carbons (Fsp3) is 0.636. The Morgan fingerprint density at radius 3 is 2.65 bits per heavy atom. The number of anilines is 2. The van der Waals surface area contributed by atoms with E-state index >= 15 is 0 Å². The first-order chi connectivity index (χ1) is 8.15. The molecule has 4 N–H and O–H groups in total. The molecule has 1 heterocycles. The van der Waals surface area contributed by atoms with Crippen molar-refractivity contribution < 1.29 is 0 Å². The summed E-state index contributed by atoms with van der Waals surface area (Å²) in [6.07, 6.45) is 5.88. The number of nitrogens with zero attached hydrogens (tertiary/aromatic N) is 2. The second-order valence-electron chi connectivity index (χ2n) is 4.79. The minimum Gasteiger partial charge on any atom is -0.369 e. The zero-order valence-electron chi connectivity index (χ0n) is 10.3. The molecule has 0 amide bonds. The maximum atomic E-state index is 5.38. The maximum Gasteiger partial charge on any atom is 0.191 e. The highest BCUT2D eigenvalue weighted by molar-refractivity contribution is 7.98. The fourth-order valence-electron chi connectivity index (χ4n) is 1.94. The summed E-state index contributed by atoms with van der Waals surface area (Å²) in [4.78, 5) is 8.63. The minimum absolute atomic E-state index is 0.431. The van der Waals surface area contributed by atoms with Crippen molar-refractivity contribution in [1.82, 2.24) is 9.97 Å². The fourth-order valence-corrected chi connectivity index (χ4v) is 2.32. The number of rotatable bonds is 5. The summed E-state index contributed by atoms with van der Waals surface area (Å²) in [5.74, 6) is 6.87. The van der Waals surface area contributed by atoms with Gasteiger partial charge in [0.05, 0.1) is 0 Å². The van der Waals surface area contributed by atoms with E-state index in [0.717, 1.165) is 17.5 Å². The van der Waals surface area contributed by atoms with Crippen LogP contribution in [0.4, 0.5) is 11.6 Å². The lowest BCUT2D eigenvalue weighted by molar-refractivity contribution is 0.180. The molecule has 0 saturated heterocycles. The van der Waals surface area contributed by atoms with E-state index in [9.17, 15) is 0 Å². The number of hydrogen-bond acceptors (Lipinski definition) is 6. The van der Waals surface area contributed by atoms with E-state index in [-0.39, 0.29) is 0 Å². The van der Waals surface area contributed by atoms with Gasteiger partial charge in [-0.05, 0) is 24.5 Å². The Hall–Kier alpha value is -1.01. The van der Waals surface area contributed by atoms with Crippen LogP contribution >= 0.6 is 11.8 Å². The molecule has 5 nitrogen and oxygen atoms in total. The highest BCUT2D eigenvalue weighted by Crippen LogP contribution is 2.40. The molecule has 0 radical (unpaired) electrons. The van der Waals surface area contributed by atoms with E-state index in [1.54, 1.807) is 0 Å². The summed E-state index contributed by atoms with van der Waals surface area (Å²) in [5.41, 5.74) is 2.99. The highest BCUT2D eigenvalue weighted by atomic mass is 32.2. The van der Waals surface area contributed by atoms with Crippen LogP contribution in [0.25, 0.3) is 0 Å². The summed E-state index contributed by atoms with van der Waals surface area (Å²) in [6, 6.07) is 1.84. The van der Waals surface area contributed by atoms with Gasteiger partial charge in [0, 0.05) is 12.6 Å². The second-order valence-corrected chi connectivity index (χ2v) is 5.56. The first-order valence-electron chi connectivity index (χ1n) is 5.79. The van der Waals surface area contributed by atoms with Gasteiger partial charge in [-0.15, -0.1) is 0 Å². The van der Waals surface area contributed by atoms with Crippen LogP contribution in [0, 0.1) is 5.41 Å². The van der Waals surface area contributed by atoms with Crippen LogP contribution in [0.1, 0.15) is 26.2 Å². The Balaban J connectivity index is 2.03. The van der Waals surface area contributed by atoms with Crippen molar-refractivity contribution in [3.8, 4) is 0 Å². The van der Waals surface area contributed by atoms with Crippen LogP contribution in [0.15, 0.2) is 11.2 Å². The number of nitrogen functional groups attached to an aromatic ring is 1. The highest BCUT2D eigenvalue weighted by Gasteiger charge is 2.31. The molecule has 0 aromatic carbocycles. The zero-order valence-corrected chi connectivity index (χ0v) is 11.1. The number of aromatic nitrogens is 2. The number of thioether (sulfide) groups is 1. The van der Waals surface area contributed by atoms with Crippen LogP contribution < -0.4 is 16.6 Å². The standard InChI is InChI=1S/C11H19N5S/c1-11(4-3-5-11)7-13-8-6-9(16-12)15-10(14-8)17-2/h6H,3-5,7,12H2,1-2H3,(H2,13,14,15,16). The van der Waals surface area contributed by atoms with Crippen molar-refractivity contribution in [3.63, 3.8) is 0 Å². The average Bonchev–Trinajstić information content (AvgIpc) is 2.33. The van der Waals surface area contributed by atoms with Crippen molar-refractivity contribution in [1.29, 1.82) is 0 Å². The Morgan fingerprint density at radius 2 is 2.12 bits per heavy atom. The summed E-state index contributed by atoms with van der Waals surface area (Å²) in [6.45, 7) is 3.27. The molecule has 1 aliphatic carbocycles. The van der Waals surface area contributed by atoms with Crippen molar-refractivity contribution in [2.75, 3.05) is 23.5 Å². The van der Waals surface area contributed by atoms with Gasteiger partial charge in [-0.3, -0.25) is 0 Å². The number of hydrogen-bond donors (Lipinski definition) is 3. The van der Waals surface area contributed by atoms with Gasteiger partial charge in [0.2, 0.25) is 0 Å². The number of hydrazine groups is 1. The van der Waals surface area contributed by atoms with Crippen LogP contribution in [-0.2, 0) is 0 Å². The largest absolute Gasteiger partial charge is 0.369 e. The van der Waals surface area contributed by atoms with Crippen molar-refractivity contribution in [2.24, 2.45) is 11.3 Å². The molecule has 2 rings (SSSR count). The summed E-state index contributed by atoms with van der Waals surface area (Å²) < 4.78 is 0. The molecule has 6 heteroatoms. The van der Waals surface area contributed by atoms with Gasteiger partial charge in [0.1, 0.15) is 11.6 Å². The van der Waals surface area contributed by atoms with Crippen molar-refractivity contribution >= 4 is 23.4 Å². The molecule has 17 heavy (non-hydrogen) atoms. The van der Waals surface area contributed by atoms with Crippen molar-refractivity contribution in [2.45, 2.75) is 31.3 Å². The predicted molar refractivity (Wildman–Crippen MR) is 72.1 cm³/mol. The molecule has 1 fully saturated rings. The minimum atomic E-state index is 0.431. The van der Waals surface area contributed by atoms with Gasteiger partial charge in [-0.1, -0.05) is 25.1 Å². The first-order valence-corrected chi connectivity index (χ1v) is 7.01. The molecule has 0 bridgehead atoms. The van der Waals surface area contributed by atoms with Gasteiger partial charge in [0.25, 0.3) is 0 Å². The zero-order chi connectivity index (χ0) is 12.3. The first kappa shape index (κ1) is 12.4. The lowest BCUT2D eigenvalue weighted by Gasteiger charge is -2.38. The molecule has 1 saturated carbocycles. The van der Waals surface area contributed by atoms with Gasteiger partial charge in [-0.25, -0.2) is 15.8 Å². The van der Waals surface area contributed by atoms with E-state index in [4.69, 9.17) is 5.84 Å². The average molecular weight is 253 g/mol. The smallest absolute Gasteiger partial charge is 0.191 e. The molecule has 1 aliphatic rings. The van der Waals surface area contributed by atoms with Crippen LogP contribution in [0.2, 0.25) is 0 Å². The Morgan fingerprint density at radius 1 is 1.41 bits per heavy atom. The van der Waals surface area contributed by atoms with Gasteiger partial charge in [0.15, 0.2) is 5.16 Å². The van der Waals surface area contributed by atoms with E-state index in [2.05, 4.69) is 27.6 Å². The van der Waals surface area contributed by atoms with E-state index in [0.29, 0.717) is 11.2 Å². The molecule has 0 unspecified atom stereocenters. The van der Waals surface area contributed by atoms with Crippen molar-refractivity contribution in [3.05, 3.63) is 6.07 Å². The summed E-state index contributed by atoms with van der Waals surface area (Å²) in [7, 11) is 0. The Bertz CT molecular complexity index is 369. The van der Waals surface area contributed by atoms with E-state index in [1.807, 2.05) is 12.3 Å². The lowest BCUT2D eigenvalue weighted by atomic mass is 9.70. The normalized spacial score (nSPS) is 17.4. The topological polar surface area (TPSA) is 75.9 Å². The van der Waals surface area contributed by atoms with Gasteiger partial charge >= 0.3 is 0 Å². The van der Waals surface area contributed by atoms with Crippen LogP contribution in [-0.4, -0.2) is 22.8 Å². The van der Waals surface area contributed by atoms with E-state index < -0.39 is 0 Å². The van der Waals surface area contributed by atoms with Crippen LogP contribution in [0.5, 0.6) is 0 Å². The third-order valence-electron chi connectivity index (χ3n) is 3.29. The third-order valence-corrected chi connectivity index (χ3v) is 3.84. The molecule has 94 valence electrons. The van der Waals surface area contributed by atoms with E-state index in [1.165, 1.54) is 31.0 Å². The SMILES string of the molecule is CSc1nc(NN)cc(NCC2(C)CCC2)n1. The molecular formula is C11H19N5S. The second kappa shape index (κ2) is 5.10. The monoisotopic (exact) mass is 253 g/mol. The maximum absolute atomic E-state index is 5.38. The lowest BCUT2D eigenvalue weighted by Crippen LogP contribution is -2.33. The number of nitrogens with one attached hydrogen (secondary N) is 2. The van der Waals surface area contributed by atoms with Crippen LogP contribution in [0.3, 0.4) is 0 Å². The Labute approximate surface area is 106 Å². The van der Waals surface area contributed by atoms with Gasteiger partial charge < -0.3 is 10.7 Å². The number of nitrogens with two attached hydrogens (primary N) is 1. The molecule has 1 aromatic rings. The predicted octanol–water partition coefficient (Wildman–Crippen LogP) is 2.09. The molecule has 0 spiro atoms. The Kier molecular flexibility index (Phi) is 3.73.